The Kier molecular flexibility index (Phi) is 5.25. The third-order valence-electron chi connectivity index (χ3n) is 3.31. The summed E-state index contributed by atoms with van der Waals surface area (Å²) in [6.45, 7) is -0.0231. The van der Waals surface area contributed by atoms with Crippen LogP contribution in [-0.4, -0.2) is 35.8 Å². The highest BCUT2D eigenvalue weighted by Gasteiger charge is 2.27. The molecule has 1 aromatic heterocycles. The van der Waals surface area contributed by atoms with Crippen molar-refractivity contribution in [2.75, 3.05) is 14.2 Å². The summed E-state index contributed by atoms with van der Waals surface area (Å²) in [6, 6.07) is 7.43. The molecule has 0 amide bonds. The van der Waals surface area contributed by atoms with Crippen LogP contribution in [0.15, 0.2) is 35.1 Å². The van der Waals surface area contributed by atoms with Gasteiger partial charge in [0.05, 0.1) is 20.8 Å². The summed E-state index contributed by atoms with van der Waals surface area (Å²) >= 11 is 5.82. The SMILES string of the molecule is COC(=O)c1c(O)cc(=O)n(Cc2ccc(Cl)cc2)c1C(=O)OC. The van der Waals surface area contributed by atoms with Crippen LogP contribution in [0.5, 0.6) is 5.75 Å². The van der Waals surface area contributed by atoms with Gasteiger partial charge in [-0.15, -0.1) is 0 Å². The number of ether oxygens (including phenoxy) is 2. The zero-order valence-electron chi connectivity index (χ0n) is 12.9. The summed E-state index contributed by atoms with van der Waals surface area (Å²) < 4.78 is 10.2. The summed E-state index contributed by atoms with van der Waals surface area (Å²) in [6.07, 6.45) is 0. The maximum atomic E-state index is 12.2. The van der Waals surface area contributed by atoms with Crippen molar-refractivity contribution in [1.82, 2.24) is 4.57 Å². The second-order valence-corrected chi connectivity index (χ2v) is 5.22. The highest BCUT2D eigenvalue weighted by atomic mass is 35.5. The van der Waals surface area contributed by atoms with Gasteiger partial charge < -0.3 is 14.6 Å². The van der Waals surface area contributed by atoms with E-state index in [1.807, 2.05) is 0 Å². The van der Waals surface area contributed by atoms with Crippen LogP contribution in [0, 0.1) is 0 Å². The third kappa shape index (κ3) is 3.41. The van der Waals surface area contributed by atoms with Crippen LogP contribution in [0.2, 0.25) is 5.02 Å². The molecule has 126 valence electrons. The number of carbonyl (C=O) groups excluding carboxylic acids is 2. The minimum absolute atomic E-state index is 0.0231. The molecule has 0 atom stereocenters. The first-order valence-corrected chi connectivity index (χ1v) is 7.14. The predicted molar refractivity (Wildman–Crippen MR) is 85.6 cm³/mol. The van der Waals surface area contributed by atoms with Gasteiger partial charge in [0.1, 0.15) is 17.0 Å². The zero-order valence-corrected chi connectivity index (χ0v) is 13.7. The van der Waals surface area contributed by atoms with Gasteiger partial charge in [-0.1, -0.05) is 23.7 Å². The number of benzene rings is 1. The number of rotatable bonds is 4. The molecular weight excluding hydrogens is 338 g/mol. The average molecular weight is 352 g/mol. The molecule has 1 heterocycles. The highest BCUT2D eigenvalue weighted by Crippen LogP contribution is 2.22. The van der Waals surface area contributed by atoms with Gasteiger partial charge in [0.15, 0.2) is 0 Å². The lowest BCUT2D eigenvalue weighted by molar-refractivity contribution is 0.0540. The summed E-state index contributed by atoms with van der Waals surface area (Å²) in [5, 5.41) is 10.4. The van der Waals surface area contributed by atoms with Gasteiger partial charge in [0.2, 0.25) is 0 Å². The van der Waals surface area contributed by atoms with Crippen LogP contribution in [-0.2, 0) is 16.0 Å². The molecule has 0 aliphatic heterocycles. The Balaban J connectivity index is 2.69. The molecule has 8 heteroatoms. The predicted octanol–water partition coefficient (Wildman–Crippen LogP) is 1.83. The number of hydrogen-bond donors (Lipinski definition) is 1. The molecule has 2 aromatic rings. The van der Waals surface area contributed by atoms with Gasteiger partial charge in [0.25, 0.3) is 5.56 Å². The van der Waals surface area contributed by atoms with Crippen molar-refractivity contribution in [3.05, 3.63) is 62.5 Å². The molecule has 0 radical (unpaired) electrons. The Morgan fingerprint density at radius 1 is 1.12 bits per heavy atom. The fourth-order valence-corrected chi connectivity index (χ4v) is 2.30. The molecule has 7 nitrogen and oxygen atoms in total. The van der Waals surface area contributed by atoms with Gasteiger partial charge in [-0.2, -0.15) is 0 Å². The minimum atomic E-state index is -0.960. The average Bonchev–Trinajstić information content (AvgIpc) is 2.57. The maximum absolute atomic E-state index is 12.2. The maximum Gasteiger partial charge on any atom is 0.355 e. The lowest BCUT2D eigenvalue weighted by Gasteiger charge is -2.15. The fourth-order valence-electron chi connectivity index (χ4n) is 2.18. The first-order valence-electron chi connectivity index (χ1n) is 6.77. The van der Waals surface area contributed by atoms with E-state index in [-0.39, 0.29) is 12.2 Å². The summed E-state index contributed by atoms with van der Waals surface area (Å²) in [5.41, 5.74) is -0.828. The number of aromatic nitrogens is 1. The molecule has 0 fully saturated rings. The van der Waals surface area contributed by atoms with E-state index in [1.165, 1.54) is 0 Å². The Hall–Kier alpha value is -2.80. The molecule has 1 N–H and O–H groups in total. The lowest BCUT2D eigenvalue weighted by atomic mass is 10.1. The topological polar surface area (TPSA) is 94.8 Å². The number of esters is 2. The van der Waals surface area contributed by atoms with Crippen LogP contribution in [0.25, 0.3) is 0 Å². The molecule has 1 aromatic carbocycles. The first kappa shape index (κ1) is 17.6. The van der Waals surface area contributed by atoms with E-state index in [1.54, 1.807) is 24.3 Å². The molecule has 24 heavy (non-hydrogen) atoms. The number of halogens is 1. The Bertz CT molecular complexity index is 841. The molecule has 0 aliphatic carbocycles. The van der Waals surface area contributed by atoms with Crippen LogP contribution in [0.4, 0.5) is 0 Å². The molecule has 2 rings (SSSR count). The number of pyridine rings is 1. The number of methoxy groups -OCH3 is 2. The number of hydrogen-bond acceptors (Lipinski definition) is 6. The Morgan fingerprint density at radius 3 is 2.25 bits per heavy atom. The lowest BCUT2D eigenvalue weighted by Crippen LogP contribution is -2.30. The van der Waals surface area contributed by atoms with Gasteiger partial charge in [-0.05, 0) is 17.7 Å². The van der Waals surface area contributed by atoms with E-state index in [2.05, 4.69) is 9.47 Å². The summed E-state index contributed by atoms with van der Waals surface area (Å²) in [7, 11) is 2.20. The van der Waals surface area contributed by atoms with E-state index < -0.39 is 28.8 Å². The van der Waals surface area contributed by atoms with Gasteiger partial charge in [-0.3, -0.25) is 9.36 Å². The van der Waals surface area contributed by atoms with Crippen molar-refractivity contribution in [3.63, 3.8) is 0 Å². The molecule has 0 saturated carbocycles. The van der Waals surface area contributed by atoms with Crippen LogP contribution in [0.3, 0.4) is 0 Å². The van der Waals surface area contributed by atoms with Crippen molar-refractivity contribution >= 4 is 23.5 Å². The van der Waals surface area contributed by atoms with Crippen molar-refractivity contribution in [2.45, 2.75) is 6.54 Å². The number of carbonyl (C=O) groups is 2. The molecule has 0 spiro atoms. The van der Waals surface area contributed by atoms with E-state index in [9.17, 15) is 19.5 Å². The van der Waals surface area contributed by atoms with Crippen LogP contribution < -0.4 is 5.56 Å². The Morgan fingerprint density at radius 2 is 1.71 bits per heavy atom. The van der Waals surface area contributed by atoms with Crippen LogP contribution >= 0.6 is 11.6 Å². The number of nitrogens with zero attached hydrogens (tertiary/aromatic N) is 1. The van der Waals surface area contributed by atoms with E-state index in [4.69, 9.17) is 11.6 Å². The number of aromatic hydroxyl groups is 1. The van der Waals surface area contributed by atoms with Crippen molar-refractivity contribution in [1.29, 1.82) is 0 Å². The molecule has 0 saturated heterocycles. The molecular formula is C16H14ClNO6. The van der Waals surface area contributed by atoms with E-state index >= 15 is 0 Å². The Labute approximate surface area is 142 Å². The molecule has 0 unspecified atom stereocenters. The van der Waals surface area contributed by atoms with E-state index in [0.717, 1.165) is 24.9 Å². The zero-order chi connectivity index (χ0) is 17.9. The third-order valence-corrected chi connectivity index (χ3v) is 3.56. The fraction of sp³-hybridized carbons (Fsp3) is 0.188. The normalized spacial score (nSPS) is 10.3. The first-order chi connectivity index (χ1) is 11.4. The van der Waals surface area contributed by atoms with Crippen LogP contribution in [0.1, 0.15) is 26.4 Å². The quantitative estimate of drug-likeness (QED) is 0.844. The summed E-state index contributed by atoms with van der Waals surface area (Å²) in [5.74, 6) is -2.56. The molecule has 0 bridgehead atoms. The minimum Gasteiger partial charge on any atom is -0.507 e. The van der Waals surface area contributed by atoms with Gasteiger partial charge in [-0.25, -0.2) is 9.59 Å². The van der Waals surface area contributed by atoms with Crippen molar-refractivity contribution in [3.8, 4) is 5.75 Å². The van der Waals surface area contributed by atoms with Gasteiger partial charge >= 0.3 is 11.9 Å². The second kappa shape index (κ2) is 7.18. The monoisotopic (exact) mass is 351 g/mol. The largest absolute Gasteiger partial charge is 0.507 e. The van der Waals surface area contributed by atoms with Crippen molar-refractivity contribution in [2.24, 2.45) is 0 Å². The van der Waals surface area contributed by atoms with Gasteiger partial charge in [0, 0.05) is 11.1 Å². The second-order valence-electron chi connectivity index (χ2n) is 4.79. The summed E-state index contributed by atoms with van der Waals surface area (Å²) in [4.78, 5) is 36.2. The molecule has 0 aliphatic rings. The van der Waals surface area contributed by atoms with Crippen molar-refractivity contribution < 1.29 is 24.2 Å². The van der Waals surface area contributed by atoms with E-state index in [0.29, 0.717) is 10.6 Å². The highest BCUT2D eigenvalue weighted by molar-refractivity contribution is 6.30. The standard InChI is InChI=1S/C16H14ClNO6/c1-23-15(21)13-11(19)7-12(20)18(14(13)16(22)24-2)8-9-3-5-10(17)6-4-9/h3-7,19H,8H2,1-2H3. The smallest absolute Gasteiger partial charge is 0.355 e.